The molecular weight excluding hydrogens is 360 g/mol. The van der Waals surface area contributed by atoms with Gasteiger partial charge in [0, 0.05) is 6.42 Å². The minimum atomic E-state index is -0.844. The summed E-state index contributed by atoms with van der Waals surface area (Å²) >= 11 is 0. The van der Waals surface area contributed by atoms with Crippen molar-refractivity contribution in [2.75, 3.05) is 7.11 Å². The molecule has 0 radical (unpaired) electrons. The second kappa shape index (κ2) is 9.22. The summed E-state index contributed by atoms with van der Waals surface area (Å²) in [4.78, 5) is 31.7. The molecule has 1 heterocycles. The topological polar surface area (TPSA) is 95.7 Å². The molecule has 8 heteroatoms. The molecular formula is C20H18N4O4. The summed E-state index contributed by atoms with van der Waals surface area (Å²) in [7, 11) is 1.24. The molecule has 8 nitrogen and oxygen atoms in total. The van der Waals surface area contributed by atoms with Crippen molar-refractivity contribution in [1.29, 1.82) is 0 Å². The van der Waals surface area contributed by atoms with Gasteiger partial charge in [-0.3, -0.25) is 0 Å². The third-order valence-electron chi connectivity index (χ3n) is 3.84. The highest BCUT2D eigenvalue weighted by atomic mass is 16.5. The minimum Gasteiger partial charge on any atom is -0.465 e. The molecule has 1 aromatic heterocycles. The van der Waals surface area contributed by atoms with E-state index in [1.807, 2.05) is 54.6 Å². The maximum Gasteiger partial charge on any atom is 0.434 e. The van der Waals surface area contributed by atoms with Crippen LogP contribution in [0.1, 0.15) is 11.1 Å². The molecule has 0 aliphatic carbocycles. The molecule has 0 N–H and O–H groups in total. The predicted octanol–water partition coefficient (Wildman–Crippen LogP) is 2.76. The van der Waals surface area contributed by atoms with E-state index in [4.69, 9.17) is 9.47 Å². The van der Waals surface area contributed by atoms with Gasteiger partial charge in [-0.1, -0.05) is 42.5 Å². The number of methoxy groups -OCH3 is 1. The first-order valence-corrected chi connectivity index (χ1v) is 8.46. The van der Waals surface area contributed by atoms with Gasteiger partial charge in [0.25, 0.3) is 0 Å². The Bertz CT molecular complexity index is 952. The number of aromatic nitrogens is 3. The molecule has 0 saturated heterocycles. The average Bonchev–Trinajstić information content (AvgIpc) is 3.27. The van der Waals surface area contributed by atoms with Crippen LogP contribution in [0.3, 0.4) is 0 Å². The van der Waals surface area contributed by atoms with E-state index in [1.165, 1.54) is 13.4 Å². The lowest BCUT2D eigenvalue weighted by molar-refractivity contribution is -0.132. The van der Waals surface area contributed by atoms with Crippen molar-refractivity contribution in [3.05, 3.63) is 78.4 Å². The zero-order valence-electron chi connectivity index (χ0n) is 15.2. The maximum atomic E-state index is 12.0. The molecule has 0 spiro atoms. The number of benzene rings is 2. The Kier molecular flexibility index (Phi) is 6.25. The number of esters is 1. The van der Waals surface area contributed by atoms with Crippen LogP contribution in [-0.2, 0) is 27.3 Å². The lowest BCUT2D eigenvalue weighted by Crippen LogP contribution is -2.20. The summed E-state index contributed by atoms with van der Waals surface area (Å²) < 4.78 is 11.4. The summed E-state index contributed by atoms with van der Waals surface area (Å²) in [5, 5.41) is 4.05. The van der Waals surface area contributed by atoms with Crippen molar-refractivity contribution in [3.8, 4) is 5.69 Å². The van der Waals surface area contributed by atoms with Crippen molar-refractivity contribution in [3.63, 3.8) is 0 Å². The van der Waals surface area contributed by atoms with E-state index in [2.05, 4.69) is 15.1 Å². The summed E-state index contributed by atoms with van der Waals surface area (Å²) in [6.45, 7) is 0.0736. The second-order valence-electron chi connectivity index (χ2n) is 5.77. The quantitative estimate of drug-likeness (QED) is 0.483. The highest BCUT2D eigenvalue weighted by Gasteiger charge is 2.16. The van der Waals surface area contributed by atoms with E-state index in [1.54, 1.807) is 11.0 Å². The number of rotatable bonds is 6. The van der Waals surface area contributed by atoms with Crippen molar-refractivity contribution < 1.29 is 19.1 Å². The number of carbonyl (C=O) groups excluding carboxylic acids is 2. The third kappa shape index (κ3) is 5.10. The van der Waals surface area contributed by atoms with E-state index < -0.39 is 12.1 Å². The number of carbonyl (C=O) groups is 2. The summed E-state index contributed by atoms with van der Waals surface area (Å²) in [6.07, 6.45) is 2.31. The highest BCUT2D eigenvalue weighted by molar-refractivity contribution is 6.38. The van der Waals surface area contributed by atoms with E-state index in [-0.39, 0.29) is 18.7 Å². The monoisotopic (exact) mass is 378 g/mol. The summed E-state index contributed by atoms with van der Waals surface area (Å²) in [5.41, 5.74) is 2.40. The van der Waals surface area contributed by atoms with Crippen LogP contribution in [0.15, 0.2) is 72.2 Å². The van der Waals surface area contributed by atoms with Gasteiger partial charge in [0.2, 0.25) is 0 Å². The maximum absolute atomic E-state index is 12.0. The van der Waals surface area contributed by atoms with Crippen molar-refractivity contribution in [2.24, 2.45) is 4.99 Å². The second-order valence-corrected chi connectivity index (χ2v) is 5.77. The lowest BCUT2D eigenvalue weighted by Gasteiger charge is -2.07. The van der Waals surface area contributed by atoms with Crippen molar-refractivity contribution in [2.45, 2.75) is 13.0 Å². The number of ether oxygens (including phenoxy) is 2. The van der Waals surface area contributed by atoms with Crippen LogP contribution < -0.4 is 0 Å². The van der Waals surface area contributed by atoms with Gasteiger partial charge in [-0.05, 0) is 23.3 Å². The first-order chi connectivity index (χ1) is 13.7. The Balaban J connectivity index is 1.68. The van der Waals surface area contributed by atoms with Gasteiger partial charge in [0.1, 0.15) is 25.0 Å². The molecule has 28 heavy (non-hydrogen) atoms. The fourth-order valence-corrected chi connectivity index (χ4v) is 2.44. The van der Waals surface area contributed by atoms with E-state index >= 15 is 0 Å². The minimum absolute atomic E-state index is 0.0333. The molecule has 0 fully saturated rings. The predicted molar refractivity (Wildman–Crippen MR) is 101 cm³/mol. The molecule has 3 aromatic rings. The Labute approximate surface area is 161 Å². The number of aliphatic imine (C=N–C) groups is 1. The largest absolute Gasteiger partial charge is 0.465 e. The Hall–Kier alpha value is -3.81. The Morgan fingerprint density at radius 2 is 1.79 bits per heavy atom. The summed E-state index contributed by atoms with van der Waals surface area (Å²) in [5.74, 6) is -0.683. The van der Waals surface area contributed by atoms with Gasteiger partial charge in [0.05, 0.1) is 12.8 Å². The Morgan fingerprint density at radius 3 is 2.43 bits per heavy atom. The average molecular weight is 378 g/mol. The highest BCUT2D eigenvalue weighted by Crippen LogP contribution is 2.10. The van der Waals surface area contributed by atoms with Gasteiger partial charge in [-0.15, -0.1) is 0 Å². The van der Waals surface area contributed by atoms with Gasteiger partial charge in [-0.25, -0.2) is 19.3 Å². The zero-order chi connectivity index (χ0) is 19.8. The molecule has 142 valence electrons. The van der Waals surface area contributed by atoms with Crippen molar-refractivity contribution >= 4 is 17.8 Å². The molecule has 0 aliphatic rings. The van der Waals surface area contributed by atoms with E-state index in [9.17, 15) is 9.59 Å². The third-order valence-corrected chi connectivity index (χ3v) is 3.84. The van der Waals surface area contributed by atoms with Crippen LogP contribution in [0.2, 0.25) is 0 Å². The Morgan fingerprint density at radius 1 is 1.04 bits per heavy atom. The molecule has 0 atom stereocenters. The number of hydrogen-bond acceptors (Lipinski definition) is 6. The smallest absolute Gasteiger partial charge is 0.434 e. The van der Waals surface area contributed by atoms with Crippen LogP contribution in [0.4, 0.5) is 4.79 Å². The molecule has 2 aromatic carbocycles. The van der Waals surface area contributed by atoms with E-state index in [0.717, 1.165) is 16.8 Å². The molecule has 0 saturated carbocycles. The molecule has 0 unspecified atom stereocenters. The first-order valence-electron chi connectivity index (χ1n) is 8.46. The van der Waals surface area contributed by atoms with Gasteiger partial charge >= 0.3 is 12.1 Å². The van der Waals surface area contributed by atoms with Crippen LogP contribution in [0, 0.1) is 0 Å². The van der Waals surface area contributed by atoms with E-state index in [0.29, 0.717) is 0 Å². The fraction of sp³-hybridized carbons (Fsp3) is 0.150. The summed E-state index contributed by atoms with van der Waals surface area (Å²) in [6, 6.07) is 16.5. The molecule has 0 aliphatic heterocycles. The van der Waals surface area contributed by atoms with Crippen LogP contribution in [-0.4, -0.2) is 39.6 Å². The molecule has 3 rings (SSSR count). The standard InChI is InChI=1S/C20H18N4O4/c1-27-19(25)18(23-20(26)28-12-16-5-3-2-4-6-16)11-15-7-9-17(10-8-15)24-14-21-13-22-24/h2-10,13-14H,11-12H2,1H3. The van der Waals surface area contributed by atoms with Gasteiger partial charge < -0.3 is 9.47 Å². The SMILES string of the molecule is COC(=O)C(Cc1ccc(-n2cncn2)cc1)=NC(=O)OCc1ccccc1. The van der Waals surface area contributed by atoms with Crippen LogP contribution in [0.25, 0.3) is 5.69 Å². The lowest BCUT2D eigenvalue weighted by atomic mass is 10.1. The first kappa shape index (κ1) is 19.0. The number of hydrogen-bond donors (Lipinski definition) is 0. The van der Waals surface area contributed by atoms with Crippen LogP contribution >= 0.6 is 0 Å². The van der Waals surface area contributed by atoms with Crippen LogP contribution in [0.5, 0.6) is 0 Å². The fourth-order valence-electron chi connectivity index (χ4n) is 2.44. The van der Waals surface area contributed by atoms with Gasteiger partial charge in [-0.2, -0.15) is 10.1 Å². The number of nitrogens with zero attached hydrogens (tertiary/aromatic N) is 4. The zero-order valence-corrected chi connectivity index (χ0v) is 15.2. The molecule has 0 bridgehead atoms. The number of amides is 1. The normalized spacial score (nSPS) is 11.1. The van der Waals surface area contributed by atoms with Crippen molar-refractivity contribution in [1.82, 2.24) is 14.8 Å². The van der Waals surface area contributed by atoms with Gasteiger partial charge in [0.15, 0.2) is 0 Å². The molecule has 1 amide bonds.